The second-order valence-electron chi connectivity index (χ2n) is 5.00. The molecule has 1 heterocycles. The van der Waals surface area contributed by atoms with E-state index < -0.39 is 0 Å². The Kier molecular flexibility index (Phi) is 6.80. The number of piperidine rings is 1. The molecule has 0 aromatic rings. The Bertz CT molecular complexity index is 302. The van der Waals surface area contributed by atoms with Crippen LogP contribution in [0.1, 0.15) is 32.6 Å². The minimum atomic E-state index is -0.385. The molecule has 1 saturated heterocycles. The molecule has 0 radical (unpaired) electrons. The van der Waals surface area contributed by atoms with Gasteiger partial charge in [0.05, 0.1) is 6.04 Å². The van der Waals surface area contributed by atoms with Crippen molar-refractivity contribution in [3.63, 3.8) is 0 Å². The zero-order chi connectivity index (χ0) is 14.3. The Labute approximate surface area is 114 Å². The van der Waals surface area contributed by atoms with E-state index >= 15 is 0 Å². The van der Waals surface area contributed by atoms with Gasteiger partial charge in [-0.25, -0.2) is 0 Å². The van der Waals surface area contributed by atoms with Crippen LogP contribution in [0.5, 0.6) is 0 Å². The van der Waals surface area contributed by atoms with Crippen molar-refractivity contribution in [1.82, 2.24) is 10.2 Å². The van der Waals surface area contributed by atoms with E-state index in [9.17, 15) is 9.59 Å². The molecule has 19 heavy (non-hydrogen) atoms. The normalized spacial score (nSPS) is 18.2. The van der Waals surface area contributed by atoms with Gasteiger partial charge in [0.2, 0.25) is 11.8 Å². The summed E-state index contributed by atoms with van der Waals surface area (Å²) in [6.45, 7) is 3.42. The van der Waals surface area contributed by atoms with Gasteiger partial charge in [-0.15, -0.1) is 0 Å². The van der Waals surface area contributed by atoms with Crippen LogP contribution in [0.4, 0.5) is 0 Å². The summed E-state index contributed by atoms with van der Waals surface area (Å²) in [6, 6.07) is -0.251. The maximum atomic E-state index is 12.0. The second-order valence-corrected chi connectivity index (χ2v) is 5.00. The monoisotopic (exact) mass is 271 g/mol. The van der Waals surface area contributed by atoms with Gasteiger partial charge in [0.1, 0.15) is 6.61 Å². The largest absolute Gasteiger partial charge is 0.375 e. The van der Waals surface area contributed by atoms with Gasteiger partial charge in [-0.1, -0.05) is 13.3 Å². The molecule has 1 fully saturated rings. The Morgan fingerprint density at radius 2 is 2.05 bits per heavy atom. The third-order valence-corrected chi connectivity index (χ3v) is 3.36. The highest BCUT2D eigenvalue weighted by molar-refractivity contribution is 5.81. The molecule has 1 aliphatic heterocycles. The molecule has 0 aliphatic carbocycles. The molecule has 0 bridgehead atoms. The molecule has 0 spiro atoms. The number of ether oxygens (including phenoxy) is 1. The zero-order valence-corrected chi connectivity index (χ0v) is 11.9. The van der Waals surface area contributed by atoms with Crippen LogP contribution in [-0.2, 0) is 14.3 Å². The van der Waals surface area contributed by atoms with Crippen molar-refractivity contribution in [3.8, 4) is 0 Å². The topological polar surface area (TPSA) is 84.7 Å². The predicted molar refractivity (Wildman–Crippen MR) is 72.5 cm³/mol. The molecule has 6 heteroatoms. The van der Waals surface area contributed by atoms with Crippen molar-refractivity contribution < 1.29 is 14.3 Å². The van der Waals surface area contributed by atoms with E-state index in [0.29, 0.717) is 13.1 Å². The zero-order valence-electron chi connectivity index (χ0n) is 11.9. The number of carbonyl (C=O) groups excluding carboxylic acids is 2. The highest BCUT2D eigenvalue weighted by atomic mass is 16.5. The third kappa shape index (κ3) is 5.16. The Balaban J connectivity index is 2.32. The number of methoxy groups -OCH3 is 1. The summed E-state index contributed by atoms with van der Waals surface area (Å²) in [4.78, 5) is 25.2. The maximum absolute atomic E-state index is 12.0. The quantitative estimate of drug-likeness (QED) is 0.704. The Morgan fingerprint density at radius 1 is 1.42 bits per heavy atom. The Morgan fingerprint density at radius 3 is 2.58 bits per heavy atom. The summed E-state index contributed by atoms with van der Waals surface area (Å²) in [5.41, 5.74) is 5.84. The molecular weight excluding hydrogens is 246 g/mol. The maximum Gasteiger partial charge on any atom is 0.246 e. The van der Waals surface area contributed by atoms with Crippen molar-refractivity contribution in [3.05, 3.63) is 0 Å². The molecule has 0 aromatic carbocycles. The minimum Gasteiger partial charge on any atom is -0.375 e. The van der Waals surface area contributed by atoms with Crippen LogP contribution in [0.2, 0.25) is 0 Å². The number of nitrogens with zero attached hydrogens (tertiary/aromatic N) is 1. The molecule has 6 nitrogen and oxygen atoms in total. The van der Waals surface area contributed by atoms with Crippen LogP contribution >= 0.6 is 0 Å². The van der Waals surface area contributed by atoms with Gasteiger partial charge in [-0.2, -0.15) is 0 Å². The predicted octanol–water partition coefficient (Wildman–Crippen LogP) is -0.133. The summed E-state index contributed by atoms with van der Waals surface area (Å²) in [5.74, 6) is -0.0709. The summed E-state index contributed by atoms with van der Waals surface area (Å²) < 4.78 is 4.77. The van der Waals surface area contributed by atoms with E-state index in [2.05, 4.69) is 5.32 Å². The van der Waals surface area contributed by atoms with Crippen molar-refractivity contribution in [1.29, 1.82) is 0 Å². The van der Waals surface area contributed by atoms with E-state index in [4.69, 9.17) is 10.5 Å². The van der Waals surface area contributed by atoms with E-state index in [1.807, 2.05) is 6.92 Å². The standard InChI is InChI=1S/C13H25N3O3/c1-3-4-11(14)13(18)16-7-5-10(6-8-16)15-12(17)9-19-2/h10-11H,3-9,14H2,1-2H3,(H,15,17)/t11-/m0/s1. The lowest BCUT2D eigenvalue weighted by atomic mass is 10.0. The van der Waals surface area contributed by atoms with Crippen molar-refractivity contribution in [2.75, 3.05) is 26.8 Å². The van der Waals surface area contributed by atoms with Gasteiger partial charge in [0.15, 0.2) is 0 Å². The van der Waals surface area contributed by atoms with Crippen LogP contribution in [0.15, 0.2) is 0 Å². The first kappa shape index (κ1) is 15.9. The number of hydrogen-bond donors (Lipinski definition) is 2. The Hall–Kier alpha value is -1.14. The number of carbonyl (C=O) groups is 2. The highest BCUT2D eigenvalue weighted by Gasteiger charge is 2.26. The van der Waals surface area contributed by atoms with Gasteiger partial charge < -0.3 is 20.7 Å². The number of hydrogen-bond acceptors (Lipinski definition) is 4. The number of likely N-dealkylation sites (tertiary alicyclic amines) is 1. The van der Waals surface area contributed by atoms with Crippen LogP contribution in [0.3, 0.4) is 0 Å². The van der Waals surface area contributed by atoms with Gasteiger partial charge in [-0.3, -0.25) is 9.59 Å². The summed E-state index contributed by atoms with van der Waals surface area (Å²) in [5, 5.41) is 2.90. The highest BCUT2D eigenvalue weighted by Crippen LogP contribution is 2.12. The second kappa shape index (κ2) is 8.12. The summed E-state index contributed by atoms with van der Waals surface area (Å²) in [6.07, 6.45) is 3.19. The lowest BCUT2D eigenvalue weighted by Crippen LogP contribution is -2.51. The van der Waals surface area contributed by atoms with Gasteiger partial charge in [-0.05, 0) is 19.3 Å². The van der Waals surface area contributed by atoms with Gasteiger partial charge in [0.25, 0.3) is 0 Å². The fourth-order valence-electron chi connectivity index (χ4n) is 2.31. The number of nitrogens with two attached hydrogens (primary N) is 1. The molecule has 1 aliphatic rings. The first-order chi connectivity index (χ1) is 9.08. The SMILES string of the molecule is CCC[C@H](N)C(=O)N1CCC(NC(=O)COC)CC1. The summed E-state index contributed by atoms with van der Waals surface area (Å²) >= 11 is 0. The minimum absolute atomic E-state index is 0.0310. The van der Waals surface area contributed by atoms with Gasteiger partial charge >= 0.3 is 0 Å². The first-order valence-electron chi connectivity index (χ1n) is 6.91. The lowest BCUT2D eigenvalue weighted by molar-refractivity contribution is -0.134. The van der Waals surface area contributed by atoms with Crippen LogP contribution in [0.25, 0.3) is 0 Å². The molecule has 0 unspecified atom stereocenters. The van der Waals surface area contributed by atoms with E-state index in [-0.39, 0.29) is 30.5 Å². The molecule has 110 valence electrons. The molecule has 2 amide bonds. The fourth-order valence-corrected chi connectivity index (χ4v) is 2.31. The molecule has 0 aromatic heterocycles. The molecule has 0 saturated carbocycles. The summed E-state index contributed by atoms with van der Waals surface area (Å²) in [7, 11) is 1.50. The first-order valence-corrected chi connectivity index (χ1v) is 6.91. The van der Waals surface area contributed by atoms with Crippen molar-refractivity contribution >= 4 is 11.8 Å². The number of nitrogens with one attached hydrogen (secondary N) is 1. The fraction of sp³-hybridized carbons (Fsp3) is 0.846. The van der Waals surface area contributed by atoms with Crippen molar-refractivity contribution in [2.24, 2.45) is 5.73 Å². The van der Waals surface area contributed by atoms with Crippen molar-refractivity contribution in [2.45, 2.75) is 44.7 Å². The van der Waals surface area contributed by atoms with Crippen LogP contribution < -0.4 is 11.1 Å². The molecule has 3 N–H and O–H groups in total. The average molecular weight is 271 g/mol. The molecular formula is C13H25N3O3. The average Bonchev–Trinajstić information content (AvgIpc) is 2.39. The molecule has 1 atom stereocenters. The number of rotatable bonds is 6. The van der Waals surface area contributed by atoms with E-state index in [1.165, 1.54) is 7.11 Å². The molecule has 1 rings (SSSR count). The van der Waals surface area contributed by atoms with Crippen LogP contribution in [-0.4, -0.2) is 55.6 Å². The lowest BCUT2D eigenvalue weighted by Gasteiger charge is -2.33. The number of amides is 2. The van der Waals surface area contributed by atoms with Crippen LogP contribution in [0, 0.1) is 0 Å². The van der Waals surface area contributed by atoms with Gasteiger partial charge in [0, 0.05) is 26.2 Å². The van der Waals surface area contributed by atoms with E-state index in [0.717, 1.165) is 25.7 Å². The third-order valence-electron chi connectivity index (χ3n) is 3.36. The van der Waals surface area contributed by atoms with E-state index in [1.54, 1.807) is 4.90 Å². The smallest absolute Gasteiger partial charge is 0.246 e.